The van der Waals surface area contributed by atoms with E-state index in [0.29, 0.717) is 0 Å². The maximum Gasteiger partial charge on any atom is 0.313 e. The minimum atomic E-state index is -0.545. The summed E-state index contributed by atoms with van der Waals surface area (Å²) >= 11 is 0. The van der Waals surface area contributed by atoms with Crippen LogP contribution in [-0.2, 0) is 20.9 Å². The fourth-order valence-corrected chi connectivity index (χ4v) is 1.23. The van der Waals surface area contributed by atoms with Crippen molar-refractivity contribution in [2.24, 2.45) is 0 Å². The molecule has 0 spiro atoms. The van der Waals surface area contributed by atoms with Crippen molar-refractivity contribution in [3.8, 4) is 6.07 Å². The lowest BCUT2D eigenvalue weighted by Gasteiger charge is -2.03. The van der Waals surface area contributed by atoms with Gasteiger partial charge in [0.2, 0.25) is 0 Å². The van der Waals surface area contributed by atoms with Crippen molar-refractivity contribution in [3.63, 3.8) is 0 Å². The van der Waals surface area contributed by atoms with Crippen molar-refractivity contribution in [1.29, 1.82) is 5.26 Å². The van der Waals surface area contributed by atoms with Crippen LogP contribution in [0, 0.1) is 11.3 Å². The molecule has 0 heterocycles. The summed E-state index contributed by atoms with van der Waals surface area (Å²) in [6.07, 6.45) is -0.00372. The Bertz CT molecular complexity index is 420. The molecule has 0 aromatic heterocycles. The number of benzene rings is 1. The zero-order valence-electron chi connectivity index (χ0n) is 9.39. The highest BCUT2D eigenvalue weighted by molar-refractivity contribution is 5.95. The lowest BCUT2D eigenvalue weighted by atomic mass is 10.2. The first-order chi connectivity index (χ1) is 8.22. The minimum absolute atomic E-state index is 0.108. The molecule has 4 heteroatoms. The molecule has 1 aromatic rings. The van der Waals surface area contributed by atoms with Gasteiger partial charge >= 0.3 is 5.97 Å². The Kier molecular flexibility index (Phi) is 5.45. The third-order valence-corrected chi connectivity index (χ3v) is 2.10. The molecular formula is C13H13NO3. The molecular weight excluding hydrogens is 218 g/mol. The van der Waals surface area contributed by atoms with Crippen molar-refractivity contribution < 1.29 is 14.3 Å². The first-order valence-electron chi connectivity index (χ1n) is 5.30. The largest absolute Gasteiger partial charge is 0.460 e. The number of hydrogen-bond acceptors (Lipinski definition) is 4. The Balaban J connectivity index is 2.26. The number of Topliss-reactive ketones (excluding diaryl/α,β-unsaturated/α-hetero) is 1. The van der Waals surface area contributed by atoms with Gasteiger partial charge in [-0.1, -0.05) is 30.3 Å². The van der Waals surface area contributed by atoms with Crippen LogP contribution in [0.4, 0.5) is 0 Å². The van der Waals surface area contributed by atoms with Gasteiger partial charge in [0.1, 0.15) is 18.8 Å². The summed E-state index contributed by atoms with van der Waals surface area (Å²) in [6.45, 7) is 0.172. The van der Waals surface area contributed by atoms with Crippen molar-refractivity contribution >= 4 is 11.8 Å². The topological polar surface area (TPSA) is 67.2 Å². The van der Waals surface area contributed by atoms with E-state index in [1.807, 2.05) is 36.4 Å². The average molecular weight is 231 g/mol. The van der Waals surface area contributed by atoms with E-state index < -0.39 is 5.97 Å². The Morgan fingerprint density at radius 2 is 1.94 bits per heavy atom. The number of nitriles is 1. The first-order valence-corrected chi connectivity index (χ1v) is 5.30. The Morgan fingerprint density at radius 3 is 2.59 bits per heavy atom. The lowest BCUT2D eigenvalue weighted by Crippen LogP contribution is -2.11. The minimum Gasteiger partial charge on any atom is -0.460 e. The molecule has 88 valence electrons. The van der Waals surface area contributed by atoms with Gasteiger partial charge < -0.3 is 4.74 Å². The Morgan fingerprint density at radius 1 is 1.24 bits per heavy atom. The van der Waals surface area contributed by atoms with E-state index in [1.54, 1.807) is 0 Å². The summed E-state index contributed by atoms with van der Waals surface area (Å²) in [5, 5.41) is 8.28. The van der Waals surface area contributed by atoms with Gasteiger partial charge in [-0.2, -0.15) is 5.26 Å². The van der Waals surface area contributed by atoms with Crippen LogP contribution < -0.4 is 0 Å². The molecule has 0 N–H and O–H groups in total. The van der Waals surface area contributed by atoms with Crippen LogP contribution >= 0.6 is 0 Å². The fourth-order valence-electron chi connectivity index (χ4n) is 1.23. The molecule has 0 aliphatic rings. The molecule has 0 saturated heterocycles. The maximum atomic E-state index is 11.3. The van der Waals surface area contributed by atoms with E-state index in [1.165, 1.54) is 0 Å². The number of esters is 1. The lowest BCUT2D eigenvalue weighted by molar-refractivity contribution is -0.147. The van der Waals surface area contributed by atoms with Gasteiger partial charge in [0.25, 0.3) is 0 Å². The van der Waals surface area contributed by atoms with E-state index >= 15 is 0 Å². The summed E-state index contributed by atoms with van der Waals surface area (Å²) in [7, 11) is 0. The van der Waals surface area contributed by atoms with Gasteiger partial charge in [-0.3, -0.25) is 9.59 Å². The van der Waals surface area contributed by atoms with Gasteiger partial charge in [0.05, 0.1) is 6.07 Å². The third kappa shape index (κ3) is 5.47. The Labute approximate surface area is 99.8 Å². The molecule has 0 radical (unpaired) electrons. The molecule has 0 saturated carbocycles. The van der Waals surface area contributed by atoms with E-state index in [9.17, 15) is 9.59 Å². The number of ether oxygens (including phenoxy) is 1. The quantitative estimate of drug-likeness (QED) is 0.554. The molecule has 0 atom stereocenters. The third-order valence-electron chi connectivity index (χ3n) is 2.10. The molecule has 1 aromatic carbocycles. The summed E-state index contributed by atoms with van der Waals surface area (Å²) in [5.74, 6) is -0.804. The number of hydrogen-bond donors (Lipinski definition) is 0. The van der Waals surface area contributed by atoms with Crippen molar-refractivity contribution in [2.45, 2.75) is 25.9 Å². The van der Waals surface area contributed by atoms with Crippen LogP contribution in [0.5, 0.6) is 0 Å². The second-order valence-electron chi connectivity index (χ2n) is 3.52. The predicted octanol–water partition coefficient (Wildman–Crippen LogP) is 1.99. The number of rotatable bonds is 6. The van der Waals surface area contributed by atoms with Crippen LogP contribution in [0.2, 0.25) is 0 Å². The van der Waals surface area contributed by atoms with Gasteiger partial charge in [-0.05, 0) is 5.56 Å². The second kappa shape index (κ2) is 7.18. The molecule has 0 aliphatic heterocycles. The van der Waals surface area contributed by atoms with E-state index in [2.05, 4.69) is 0 Å². The number of carbonyl (C=O) groups is 2. The predicted molar refractivity (Wildman–Crippen MR) is 60.7 cm³/mol. The summed E-state index contributed by atoms with van der Waals surface area (Å²) in [5.41, 5.74) is 0.880. The van der Waals surface area contributed by atoms with E-state index in [0.717, 1.165) is 5.56 Å². The van der Waals surface area contributed by atoms with Gasteiger partial charge in [0.15, 0.2) is 0 Å². The smallest absolute Gasteiger partial charge is 0.313 e. The van der Waals surface area contributed by atoms with Gasteiger partial charge in [0, 0.05) is 12.8 Å². The van der Waals surface area contributed by atoms with Crippen molar-refractivity contribution in [1.82, 2.24) is 0 Å². The number of nitrogens with zero attached hydrogens (tertiary/aromatic N) is 1. The SMILES string of the molecule is N#CCCC(=O)CC(=O)OCc1ccccc1. The molecule has 0 bridgehead atoms. The Hall–Kier alpha value is -2.15. The highest BCUT2D eigenvalue weighted by Gasteiger charge is 2.10. The molecule has 0 fully saturated rings. The highest BCUT2D eigenvalue weighted by atomic mass is 16.5. The second-order valence-corrected chi connectivity index (χ2v) is 3.52. The number of carbonyl (C=O) groups excluding carboxylic acids is 2. The normalized spacial score (nSPS) is 9.35. The summed E-state index contributed by atoms with van der Waals surface area (Å²) in [6, 6.07) is 11.1. The van der Waals surface area contributed by atoms with Crippen molar-refractivity contribution in [2.75, 3.05) is 0 Å². The monoisotopic (exact) mass is 231 g/mol. The van der Waals surface area contributed by atoms with Crippen LogP contribution in [0.15, 0.2) is 30.3 Å². The zero-order valence-corrected chi connectivity index (χ0v) is 9.39. The zero-order chi connectivity index (χ0) is 12.5. The van der Waals surface area contributed by atoms with Gasteiger partial charge in [-0.15, -0.1) is 0 Å². The standard InChI is InChI=1S/C13H13NO3/c14-8-4-7-12(15)9-13(16)17-10-11-5-2-1-3-6-11/h1-3,5-6H,4,7,9-10H2. The average Bonchev–Trinajstić information content (AvgIpc) is 2.35. The fraction of sp³-hybridized carbons (Fsp3) is 0.308. The molecule has 0 amide bonds. The van der Waals surface area contributed by atoms with E-state index in [4.69, 9.17) is 10.00 Å². The molecule has 17 heavy (non-hydrogen) atoms. The maximum absolute atomic E-state index is 11.3. The summed E-state index contributed by atoms with van der Waals surface area (Å²) in [4.78, 5) is 22.4. The molecule has 0 unspecified atom stereocenters. The van der Waals surface area contributed by atoms with Crippen LogP contribution in [0.1, 0.15) is 24.8 Å². The highest BCUT2D eigenvalue weighted by Crippen LogP contribution is 2.03. The molecule has 4 nitrogen and oxygen atoms in total. The first kappa shape index (κ1) is 12.9. The van der Waals surface area contributed by atoms with Crippen molar-refractivity contribution in [3.05, 3.63) is 35.9 Å². The van der Waals surface area contributed by atoms with E-state index in [-0.39, 0.29) is 31.7 Å². The molecule has 0 aliphatic carbocycles. The van der Waals surface area contributed by atoms with Crippen LogP contribution in [0.3, 0.4) is 0 Å². The molecule has 1 rings (SSSR count). The van der Waals surface area contributed by atoms with Gasteiger partial charge in [-0.25, -0.2) is 0 Å². The van der Waals surface area contributed by atoms with Crippen LogP contribution in [0.25, 0.3) is 0 Å². The van der Waals surface area contributed by atoms with Crippen LogP contribution in [-0.4, -0.2) is 11.8 Å². The number of ketones is 1. The summed E-state index contributed by atoms with van der Waals surface area (Å²) < 4.78 is 4.94.